The summed E-state index contributed by atoms with van der Waals surface area (Å²) in [6, 6.07) is 5.85. The monoisotopic (exact) mass is 425 g/mol. The average molecular weight is 426 g/mol. The summed E-state index contributed by atoms with van der Waals surface area (Å²) in [6.07, 6.45) is 6.56. The molecule has 1 aliphatic rings. The molecule has 0 heterocycles. The summed E-state index contributed by atoms with van der Waals surface area (Å²) in [4.78, 5) is 4.69. The Bertz CT molecular complexity index is 774. The molecule has 1 saturated carbocycles. The van der Waals surface area contributed by atoms with E-state index in [1.807, 2.05) is 32.0 Å². The second kappa shape index (κ2) is 11.3. The molecular formula is C21H35N3O4S. The molecule has 7 nitrogen and oxygen atoms in total. The van der Waals surface area contributed by atoms with E-state index in [0.29, 0.717) is 25.5 Å². The molecule has 2 N–H and O–H groups in total. The van der Waals surface area contributed by atoms with E-state index in [0.717, 1.165) is 29.9 Å². The molecule has 1 aliphatic carbocycles. The lowest BCUT2D eigenvalue weighted by molar-refractivity contribution is 0.198. The van der Waals surface area contributed by atoms with Gasteiger partial charge in [0, 0.05) is 24.4 Å². The van der Waals surface area contributed by atoms with Gasteiger partial charge in [-0.15, -0.1) is 0 Å². The molecule has 0 aliphatic heterocycles. The number of hydrogen-bond donors (Lipinski definition) is 2. The number of aliphatic imine (C=N–C) groups is 1. The van der Waals surface area contributed by atoms with Crippen molar-refractivity contribution in [2.24, 2.45) is 4.99 Å². The predicted octanol–water partition coefficient (Wildman–Crippen LogP) is 2.89. The Morgan fingerprint density at radius 3 is 2.66 bits per heavy atom. The van der Waals surface area contributed by atoms with Crippen LogP contribution in [0.5, 0.6) is 11.5 Å². The van der Waals surface area contributed by atoms with Crippen LogP contribution in [-0.4, -0.2) is 52.2 Å². The third-order valence-corrected chi connectivity index (χ3v) is 5.90. The van der Waals surface area contributed by atoms with Gasteiger partial charge in [-0.1, -0.05) is 12.1 Å². The maximum atomic E-state index is 11.4. The van der Waals surface area contributed by atoms with Gasteiger partial charge in [-0.05, 0) is 52.0 Å². The highest BCUT2D eigenvalue weighted by molar-refractivity contribution is 7.90. The van der Waals surface area contributed by atoms with Crippen LogP contribution < -0.4 is 20.1 Å². The molecule has 8 heteroatoms. The van der Waals surface area contributed by atoms with Gasteiger partial charge in [-0.2, -0.15) is 0 Å². The first kappa shape index (κ1) is 23.3. The van der Waals surface area contributed by atoms with Crippen molar-refractivity contribution < 1.29 is 17.9 Å². The van der Waals surface area contributed by atoms with Crippen molar-refractivity contribution in [2.75, 3.05) is 25.7 Å². The van der Waals surface area contributed by atoms with Crippen LogP contribution >= 0.6 is 0 Å². The molecule has 1 aromatic rings. The molecule has 2 rings (SSSR count). The molecule has 1 atom stereocenters. The van der Waals surface area contributed by atoms with Crippen molar-refractivity contribution >= 4 is 15.8 Å². The van der Waals surface area contributed by atoms with E-state index in [9.17, 15) is 8.42 Å². The van der Waals surface area contributed by atoms with Gasteiger partial charge >= 0.3 is 0 Å². The van der Waals surface area contributed by atoms with E-state index < -0.39 is 9.84 Å². The molecule has 0 amide bonds. The van der Waals surface area contributed by atoms with Crippen LogP contribution in [0.2, 0.25) is 0 Å². The number of nitrogens with zero attached hydrogens (tertiary/aromatic N) is 1. The fourth-order valence-electron chi connectivity index (χ4n) is 3.33. The second-order valence-corrected chi connectivity index (χ2v) is 9.89. The zero-order valence-corrected chi connectivity index (χ0v) is 18.8. The lowest BCUT2D eigenvalue weighted by atomic mass is 10.1. The average Bonchev–Trinajstić information content (AvgIpc) is 3.18. The summed E-state index contributed by atoms with van der Waals surface area (Å²) < 4.78 is 34.6. The smallest absolute Gasteiger partial charge is 0.191 e. The number of hydrogen-bond acceptors (Lipinski definition) is 5. The molecule has 164 valence electrons. The number of para-hydroxylation sites is 1. The van der Waals surface area contributed by atoms with Gasteiger partial charge in [0.1, 0.15) is 9.84 Å². The van der Waals surface area contributed by atoms with Gasteiger partial charge in [0.25, 0.3) is 0 Å². The quantitative estimate of drug-likeness (QED) is 0.443. The number of methoxy groups -OCH3 is 1. The fourth-order valence-corrected chi connectivity index (χ4v) is 4.12. The second-order valence-electron chi connectivity index (χ2n) is 7.63. The van der Waals surface area contributed by atoms with Crippen molar-refractivity contribution in [3.05, 3.63) is 23.8 Å². The minimum atomic E-state index is -2.98. The highest BCUT2D eigenvalue weighted by Gasteiger charge is 2.20. The van der Waals surface area contributed by atoms with Crippen LogP contribution in [0.1, 0.15) is 51.5 Å². The minimum absolute atomic E-state index is 0.0120. The Hall–Kier alpha value is -1.96. The van der Waals surface area contributed by atoms with Crippen LogP contribution in [0.15, 0.2) is 23.2 Å². The maximum absolute atomic E-state index is 11.4. The SMILES string of the molecule is CCNC(=NCc1cccc(OC)c1OC1CCCC1)NC(C)CCS(C)(=O)=O. The molecule has 0 bridgehead atoms. The lowest BCUT2D eigenvalue weighted by Crippen LogP contribution is -2.42. The summed E-state index contributed by atoms with van der Waals surface area (Å²) in [7, 11) is -1.33. The van der Waals surface area contributed by atoms with Crippen LogP contribution in [0.25, 0.3) is 0 Å². The standard InChI is InChI=1S/C21H35N3O4S/c1-5-22-21(24-16(2)13-14-29(4,25)26)23-15-17-9-8-12-19(27-3)20(17)28-18-10-6-7-11-18/h8-9,12,16,18H,5-7,10-11,13-15H2,1-4H3,(H2,22,23,24). The number of nitrogens with one attached hydrogen (secondary N) is 2. The van der Waals surface area contributed by atoms with Crippen molar-refractivity contribution in [1.82, 2.24) is 10.6 Å². The topological polar surface area (TPSA) is 89.0 Å². The molecule has 1 aromatic carbocycles. The normalized spacial score (nSPS) is 16.5. The van der Waals surface area contributed by atoms with Gasteiger partial charge < -0.3 is 20.1 Å². The fraction of sp³-hybridized carbons (Fsp3) is 0.667. The Morgan fingerprint density at radius 1 is 1.31 bits per heavy atom. The molecule has 1 fully saturated rings. The first-order valence-electron chi connectivity index (χ1n) is 10.4. The highest BCUT2D eigenvalue weighted by Crippen LogP contribution is 2.35. The van der Waals surface area contributed by atoms with Crippen LogP contribution in [0, 0.1) is 0 Å². The summed E-state index contributed by atoms with van der Waals surface area (Å²) in [5.41, 5.74) is 0.970. The van der Waals surface area contributed by atoms with Crippen LogP contribution in [0.3, 0.4) is 0 Å². The highest BCUT2D eigenvalue weighted by atomic mass is 32.2. The van der Waals surface area contributed by atoms with Gasteiger partial charge in [0.2, 0.25) is 0 Å². The molecule has 29 heavy (non-hydrogen) atoms. The number of rotatable bonds is 10. The van der Waals surface area contributed by atoms with E-state index in [4.69, 9.17) is 9.47 Å². The lowest BCUT2D eigenvalue weighted by Gasteiger charge is -2.20. The Balaban J connectivity index is 2.10. The van der Waals surface area contributed by atoms with E-state index in [1.54, 1.807) is 7.11 Å². The van der Waals surface area contributed by atoms with Crippen molar-refractivity contribution in [3.63, 3.8) is 0 Å². The first-order chi connectivity index (χ1) is 13.8. The van der Waals surface area contributed by atoms with E-state index >= 15 is 0 Å². The third kappa shape index (κ3) is 8.12. The van der Waals surface area contributed by atoms with Gasteiger partial charge in [-0.25, -0.2) is 13.4 Å². The van der Waals surface area contributed by atoms with Crippen LogP contribution in [-0.2, 0) is 16.4 Å². The van der Waals surface area contributed by atoms with E-state index in [2.05, 4.69) is 15.6 Å². The summed E-state index contributed by atoms with van der Waals surface area (Å²) in [5.74, 6) is 2.30. The largest absolute Gasteiger partial charge is 0.493 e. The first-order valence-corrected chi connectivity index (χ1v) is 12.4. The molecule has 1 unspecified atom stereocenters. The van der Waals surface area contributed by atoms with Crippen molar-refractivity contribution in [1.29, 1.82) is 0 Å². The molecule has 0 radical (unpaired) electrons. The molecular weight excluding hydrogens is 390 g/mol. The number of sulfone groups is 1. The summed E-state index contributed by atoms with van der Waals surface area (Å²) >= 11 is 0. The third-order valence-electron chi connectivity index (χ3n) is 4.92. The van der Waals surface area contributed by atoms with Gasteiger partial charge in [-0.3, -0.25) is 0 Å². The van der Waals surface area contributed by atoms with E-state index in [1.165, 1.54) is 19.1 Å². The Labute approximate surface area is 175 Å². The van der Waals surface area contributed by atoms with Crippen molar-refractivity contribution in [3.8, 4) is 11.5 Å². The van der Waals surface area contributed by atoms with Crippen molar-refractivity contribution in [2.45, 2.75) is 64.6 Å². The number of benzene rings is 1. The zero-order chi connectivity index (χ0) is 21.3. The maximum Gasteiger partial charge on any atom is 0.191 e. The number of guanidine groups is 1. The predicted molar refractivity (Wildman–Crippen MR) is 118 cm³/mol. The number of ether oxygens (including phenoxy) is 2. The van der Waals surface area contributed by atoms with Gasteiger partial charge in [0.05, 0.1) is 25.5 Å². The molecule has 0 saturated heterocycles. The summed E-state index contributed by atoms with van der Waals surface area (Å²) in [5, 5.41) is 6.50. The molecule has 0 spiro atoms. The Morgan fingerprint density at radius 2 is 2.03 bits per heavy atom. The minimum Gasteiger partial charge on any atom is -0.493 e. The Kier molecular flexibility index (Phi) is 9.07. The molecule has 0 aromatic heterocycles. The summed E-state index contributed by atoms with van der Waals surface area (Å²) in [6.45, 7) is 5.11. The zero-order valence-electron chi connectivity index (χ0n) is 18.0. The van der Waals surface area contributed by atoms with E-state index in [-0.39, 0.29) is 17.9 Å². The van der Waals surface area contributed by atoms with Gasteiger partial charge in [0.15, 0.2) is 17.5 Å². The van der Waals surface area contributed by atoms with Crippen LogP contribution in [0.4, 0.5) is 0 Å².